The third-order valence-corrected chi connectivity index (χ3v) is 4.02. The minimum atomic E-state index is -0.00615. The fraction of sp³-hybridized carbons (Fsp3) is 0.261. The summed E-state index contributed by atoms with van der Waals surface area (Å²) in [5.41, 5.74) is 2.98. The first-order valence-corrected chi connectivity index (χ1v) is 8.85. The quantitative estimate of drug-likeness (QED) is 0.240. The van der Waals surface area contributed by atoms with Crippen LogP contribution in [0.1, 0.15) is 48.5 Å². The Labute approximate surface area is 150 Å². The van der Waals surface area contributed by atoms with E-state index < -0.39 is 0 Å². The van der Waals surface area contributed by atoms with E-state index in [1.807, 2.05) is 42.5 Å². The number of allylic oxidation sites excluding steroid dienone is 3. The molecule has 2 nitrogen and oxygen atoms in total. The van der Waals surface area contributed by atoms with Crippen molar-refractivity contribution in [1.82, 2.24) is 0 Å². The van der Waals surface area contributed by atoms with Crippen LogP contribution in [0.4, 0.5) is 0 Å². The Morgan fingerprint density at radius 2 is 1.80 bits per heavy atom. The average molecular weight is 334 g/mol. The van der Waals surface area contributed by atoms with Crippen molar-refractivity contribution >= 4 is 11.9 Å². The molecule has 0 aliphatic heterocycles. The molecule has 2 heteroatoms. The summed E-state index contributed by atoms with van der Waals surface area (Å²) in [5, 5.41) is 0. The van der Waals surface area contributed by atoms with Gasteiger partial charge in [0, 0.05) is 5.56 Å². The van der Waals surface area contributed by atoms with Crippen molar-refractivity contribution in [2.75, 3.05) is 7.11 Å². The molecule has 0 unspecified atom stereocenters. The first-order chi connectivity index (χ1) is 12.2. The van der Waals surface area contributed by atoms with Gasteiger partial charge in [-0.25, -0.2) is 0 Å². The summed E-state index contributed by atoms with van der Waals surface area (Å²) >= 11 is 0. The van der Waals surface area contributed by atoms with Gasteiger partial charge < -0.3 is 4.74 Å². The van der Waals surface area contributed by atoms with Crippen LogP contribution >= 0.6 is 0 Å². The summed E-state index contributed by atoms with van der Waals surface area (Å²) in [6, 6.07) is 17.5. The third kappa shape index (κ3) is 6.42. The number of carbonyl (C=O) groups is 1. The lowest BCUT2D eigenvalue weighted by molar-refractivity contribution is 0.104. The van der Waals surface area contributed by atoms with Gasteiger partial charge in [-0.1, -0.05) is 74.4 Å². The first-order valence-electron chi connectivity index (χ1n) is 8.85. The minimum Gasteiger partial charge on any atom is -0.497 e. The van der Waals surface area contributed by atoms with Gasteiger partial charge in [-0.3, -0.25) is 4.79 Å². The predicted octanol–water partition coefficient (Wildman–Crippen LogP) is 6.10. The molecule has 0 N–H and O–H groups in total. The second-order valence-corrected chi connectivity index (χ2v) is 6.02. The van der Waals surface area contributed by atoms with Gasteiger partial charge in [0.25, 0.3) is 0 Å². The maximum absolute atomic E-state index is 12.4. The summed E-state index contributed by atoms with van der Waals surface area (Å²) in [6.07, 6.45) is 10.3. The Morgan fingerprint density at radius 3 is 2.52 bits per heavy atom. The molecule has 0 amide bonds. The number of ether oxygens (including phenoxy) is 1. The van der Waals surface area contributed by atoms with Crippen molar-refractivity contribution in [1.29, 1.82) is 0 Å². The molecule has 0 aliphatic carbocycles. The molecule has 0 bridgehead atoms. The maximum atomic E-state index is 12.4. The topological polar surface area (TPSA) is 26.3 Å². The molecule has 0 heterocycles. The summed E-state index contributed by atoms with van der Waals surface area (Å²) in [4.78, 5) is 12.4. The van der Waals surface area contributed by atoms with Crippen LogP contribution in [0.25, 0.3) is 6.08 Å². The number of carbonyl (C=O) groups excluding carboxylic acids is 1. The van der Waals surface area contributed by atoms with Crippen LogP contribution in [-0.2, 0) is 0 Å². The van der Waals surface area contributed by atoms with Crippen LogP contribution in [0, 0.1) is 0 Å². The molecular formula is C23H26O2. The highest BCUT2D eigenvalue weighted by molar-refractivity contribution is 6.05. The van der Waals surface area contributed by atoms with E-state index in [1.54, 1.807) is 19.3 Å². The second-order valence-electron chi connectivity index (χ2n) is 6.02. The molecule has 0 atom stereocenters. The number of hydrogen-bond donors (Lipinski definition) is 0. The average Bonchev–Trinajstić information content (AvgIpc) is 2.66. The van der Waals surface area contributed by atoms with E-state index in [9.17, 15) is 4.79 Å². The van der Waals surface area contributed by atoms with E-state index in [1.165, 1.54) is 18.4 Å². The van der Waals surface area contributed by atoms with E-state index >= 15 is 0 Å². The number of hydrogen-bond acceptors (Lipinski definition) is 2. The zero-order valence-corrected chi connectivity index (χ0v) is 15.1. The lowest BCUT2D eigenvalue weighted by atomic mass is 10.0. The third-order valence-electron chi connectivity index (χ3n) is 4.02. The van der Waals surface area contributed by atoms with Gasteiger partial charge in [-0.05, 0) is 42.2 Å². The number of ketones is 1. The van der Waals surface area contributed by atoms with Gasteiger partial charge in [-0.15, -0.1) is 0 Å². The van der Waals surface area contributed by atoms with Gasteiger partial charge >= 0.3 is 0 Å². The molecule has 2 rings (SSSR count). The molecule has 0 spiro atoms. The number of unbranched alkanes of at least 4 members (excludes halogenated alkanes) is 2. The van der Waals surface area contributed by atoms with Crippen molar-refractivity contribution in [3.8, 4) is 5.75 Å². The predicted molar refractivity (Wildman–Crippen MR) is 105 cm³/mol. The summed E-state index contributed by atoms with van der Waals surface area (Å²) in [7, 11) is 1.61. The van der Waals surface area contributed by atoms with Crippen LogP contribution in [0.2, 0.25) is 0 Å². The molecule has 2 aromatic carbocycles. The molecule has 130 valence electrons. The first kappa shape index (κ1) is 18.7. The van der Waals surface area contributed by atoms with Crippen LogP contribution in [0.5, 0.6) is 5.75 Å². The summed E-state index contributed by atoms with van der Waals surface area (Å²) < 4.78 is 5.19. The maximum Gasteiger partial charge on any atom is 0.185 e. The molecule has 0 radical (unpaired) electrons. The van der Waals surface area contributed by atoms with Crippen LogP contribution in [0.15, 0.2) is 72.3 Å². The normalized spacial score (nSPS) is 11.7. The van der Waals surface area contributed by atoms with Gasteiger partial charge in [0.15, 0.2) is 5.78 Å². The molecule has 25 heavy (non-hydrogen) atoms. The standard InChI is InChI=1S/C23H26O2/c1-3-4-6-10-20(17-19-11-7-5-8-12-19)15-16-23(24)21-13-9-14-22(18-21)25-2/h5,7-9,11-18H,3-4,6,10H2,1-2H3/b16-15+,20-17-. The van der Waals surface area contributed by atoms with E-state index in [4.69, 9.17) is 4.74 Å². The molecule has 2 aromatic rings. The Bertz CT molecular complexity index is 727. The highest BCUT2D eigenvalue weighted by atomic mass is 16.5. The Morgan fingerprint density at radius 1 is 1.00 bits per heavy atom. The largest absolute Gasteiger partial charge is 0.497 e. The van der Waals surface area contributed by atoms with Crippen LogP contribution in [-0.4, -0.2) is 12.9 Å². The summed E-state index contributed by atoms with van der Waals surface area (Å²) in [6.45, 7) is 2.20. The SMILES string of the molecule is CCCCCC(=C/c1ccccc1)/C=C/C(=O)c1cccc(OC)c1. The van der Waals surface area contributed by atoms with Gasteiger partial charge in [0.1, 0.15) is 5.75 Å². The molecule has 0 saturated carbocycles. The molecule has 0 aromatic heterocycles. The monoisotopic (exact) mass is 334 g/mol. The van der Waals surface area contributed by atoms with E-state index in [0.717, 1.165) is 18.4 Å². The van der Waals surface area contributed by atoms with Gasteiger partial charge in [0.2, 0.25) is 0 Å². The zero-order valence-electron chi connectivity index (χ0n) is 15.1. The molecule has 0 saturated heterocycles. The Kier molecular flexibility index (Phi) is 7.71. The lowest BCUT2D eigenvalue weighted by Crippen LogP contribution is -1.95. The van der Waals surface area contributed by atoms with E-state index in [-0.39, 0.29) is 5.78 Å². The van der Waals surface area contributed by atoms with E-state index in [0.29, 0.717) is 11.3 Å². The van der Waals surface area contributed by atoms with Gasteiger partial charge in [0.05, 0.1) is 7.11 Å². The summed E-state index contributed by atoms with van der Waals surface area (Å²) in [5.74, 6) is 0.690. The second kappa shape index (κ2) is 10.3. The molecular weight excluding hydrogens is 308 g/mol. The molecule has 0 aliphatic rings. The van der Waals surface area contributed by atoms with Crippen molar-refractivity contribution in [2.24, 2.45) is 0 Å². The highest BCUT2D eigenvalue weighted by Crippen LogP contribution is 2.17. The highest BCUT2D eigenvalue weighted by Gasteiger charge is 2.04. The minimum absolute atomic E-state index is 0.00615. The van der Waals surface area contributed by atoms with Crippen molar-refractivity contribution < 1.29 is 9.53 Å². The van der Waals surface area contributed by atoms with Crippen LogP contribution < -0.4 is 4.74 Å². The number of benzene rings is 2. The zero-order chi connectivity index (χ0) is 17.9. The smallest absolute Gasteiger partial charge is 0.185 e. The van der Waals surface area contributed by atoms with Crippen molar-refractivity contribution in [3.05, 3.63) is 83.4 Å². The van der Waals surface area contributed by atoms with E-state index in [2.05, 4.69) is 25.1 Å². The Balaban J connectivity index is 2.15. The van der Waals surface area contributed by atoms with Crippen LogP contribution in [0.3, 0.4) is 0 Å². The fourth-order valence-electron chi connectivity index (χ4n) is 2.60. The fourth-order valence-corrected chi connectivity index (χ4v) is 2.60. The number of methoxy groups -OCH3 is 1. The number of rotatable bonds is 9. The molecule has 0 fully saturated rings. The van der Waals surface area contributed by atoms with Crippen molar-refractivity contribution in [3.63, 3.8) is 0 Å². The van der Waals surface area contributed by atoms with Gasteiger partial charge in [-0.2, -0.15) is 0 Å². The van der Waals surface area contributed by atoms with Crippen molar-refractivity contribution in [2.45, 2.75) is 32.6 Å². The lowest BCUT2D eigenvalue weighted by Gasteiger charge is -2.04. The Hall–Kier alpha value is -2.61.